The van der Waals surface area contributed by atoms with Gasteiger partial charge in [-0.2, -0.15) is 4.31 Å². The van der Waals surface area contributed by atoms with Crippen molar-refractivity contribution in [2.45, 2.75) is 50.2 Å². The molecule has 0 aromatic heterocycles. The zero-order valence-electron chi connectivity index (χ0n) is 14.0. The van der Waals surface area contributed by atoms with Gasteiger partial charge in [0.15, 0.2) is 0 Å². The lowest BCUT2D eigenvalue weighted by molar-refractivity contribution is -0.274. The minimum absolute atomic E-state index is 0.0599. The van der Waals surface area contributed by atoms with Crippen LogP contribution in [0.5, 0.6) is 5.75 Å². The lowest BCUT2D eigenvalue weighted by Crippen LogP contribution is -2.52. The number of nitrogens with one attached hydrogen (secondary N) is 1. The first-order valence-corrected chi connectivity index (χ1v) is 10.0. The number of carbonyl (C=O) groups is 1. The smallest absolute Gasteiger partial charge is 0.406 e. The van der Waals surface area contributed by atoms with Gasteiger partial charge in [0.05, 0.1) is 6.26 Å². The van der Waals surface area contributed by atoms with E-state index in [9.17, 15) is 26.4 Å². The van der Waals surface area contributed by atoms with E-state index in [0.29, 0.717) is 12.8 Å². The van der Waals surface area contributed by atoms with E-state index in [0.717, 1.165) is 25.0 Å². The zero-order valence-corrected chi connectivity index (χ0v) is 14.8. The fraction of sp³-hybridized carbons (Fsp3) is 0.562. The summed E-state index contributed by atoms with van der Waals surface area (Å²) >= 11 is 0. The third-order valence-electron chi connectivity index (χ3n) is 4.71. The van der Waals surface area contributed by atoms with E-state index in [1.807, 2.05) is 0 Å². The molecule has 6 nitrogen and oxygen atoms in total. The summed E-state index contributed by atoms with van der Waals surface area (Å²) in [6, 6.07) is 4.36. The molecule has 2 bridgehead atoms. The number of piperidine rings is 1. The molecule has 2 saturated heterocycles. The zero-order chi connectivity index (χ0) is 19.1. The number of nitrogens with zero attached hydrogens (tertiary/aromatic N) is 1. The maximum absolute atomic E-state index is 12.4. The number of benzene rings is 1. The molecule has 0 saturated carbocycles. The number of ether oxygens (including phenoxy) is 1. The SMILES string of the molecule is CS(=O)(=O)N1[C@H]2CC[C@H]1CC(NC(=O)c1cccc(OC(F)(F)F)c1)C2. The van der Waals surface area contributed by atoms with Crippen molar-refractivity contribution in [3.8, 4) is 5.75 Å². The van der Waals surface area contributed by atoms with Crippen molar-refractivity contribution < 1.29 is 31.1 Å². The standard InChI is InChI=1S/C16H19F3N2O4S/c1-26(23,24)21-12-5-6-13(21)9-11(8-12)20-15(22)10-3-2-4-14(7-10)25-16(17,18)19/h2-4,7,11-13H,5-6,8-9H2,1H3,(H,20,22)/t12-,13-/m0/s1. The third kappa shape index (κ3) is 4.29. The second-order valence-electron chi connectivity index (χ2n) is 6.70. The second-order valence-corrected chi connectivity index (χ2v) is 8.58. The highest BCUT2D eigenvalue weighted by atomic mass is 32.2. The third-order valence-corrected chi connectivity index (χ3v) is 6.08. The van der Waals surface area contributed by atoms with Crippen LogP contribution in [0.25, 0.3) is 0 Å². The molecule has 2 atom stereocenters. The van der Waals surface area contributed by atoms with Gasteiger partial charge in [-0.1, -0.05) is 6.07 Å². The van der Waals surface area contributed by atoms with E-state index in [-0.39, 0.29) is 23.7 Å². The molecular formula is C16H19F3N2O4S. The van der Waals surface area contributed by atoms with Gasteiger partial charge >= 0.3 is 6.36 Å². The van der Waals surface area contributed by atoms with Crippen LogP contribution in [0.4, 0.5) is 13.2 Å². The van der Waals surface area contributed by atoms with E-state index < -0.39 is 28.0 Å². The molecule has 0 spiro atoms. The van der Waals surface area contributed by atoms with E-state index in [1.54, 1.807) is 0 Å². The van der Waals surface area contributed by atoms with Gasteiger partial charge in [-0.05, 0) is 43.9 Å². The fourth-order valence-electron chi connectivity index (χ4n) is 3.90. The van der Waals surface area contributed by atoms with Gasteiger partial charge in [0.1, 0.15) is 5.75 Å². The Kier molecular flexibility index (Phi) is 4.91. The molecule has 1 aromatic carbocycles. The van der Waals surface area contributed by atoms with Gasteiger partial charge in [-0.25, -0.2) is 8.42 Å². The van der Waals surface area contributed by atoms with E-state index in [4.69, 9.17) is 0 Å². The Morgan fingerprint density at radius 2 is 1.85 bits per heavy atom. The highest BCUT2D eigenvalue weighted by molar-refractivity contribution is 7.88. The van der Waals surface area contributed by atoms with Gasteiger partial charge < -0.3 is 10.1 Å². The number of hydrogen-bond donors (Lipinski definition) is 1. The minimum atomic E-state index is -4.83. The number of fused-ring (bicyclic) bond motifs is 2. The molecule has 2 fully saturated rings. The molecule has 0 radical (unpaired) electrons. The van der Waals surface area contributed by atoms with Gasteiger partial charge in [0.2, 0.25) is 10.0 Å². The van der Waals surface area contributed by atoms with E-state index >= 15 is 0 Å². The number of sulfonamides is 1. The van der Waals surface area contributed by atoms with Crippen molar-refractivity contribution in [3.05, 3.63) is 29.8 Å². The molecule has 0 aliphatic carbocycles. The number of halogens is 3. The number of amides is 1. The maximum Gasteiger partial charge on any atom is 0.573 e. The molecule has 26 heavy (non-hydrogen) atoms. The number of alkyl halides is 3. The summed E-state index contributed by atoms with van der Waals surface area (Å²) in [4.78, 5) is 12.4. The van der Waals surface area contributed by atoms with Crippen LogP contribution in [0, 0.1) is 0 Å². The van der Waals surface area contributed by atoms with Gasteiger partial charge in [0.25, 0.3) is 5.91 Å². The summed E-state index contributed by atoms with van der Waals surface area (Å²) in [5.41, 5.74) is 0.0599. The number of hydrogen-bond acceptors (Lipinski definition) is 4. The summed E-state index contributed by atoms with van der Waals surface area (Å²) in [6.45, 7) is 0. The predicted molar refractivity (Wildman–Crippen MR) is 87.1 cm³/mol. The lowest BCUT2D eigenvalue weighted by atomic mass is 9.99. The van der Waals surface area contributed by atoms with Crippen LogP contribution in [0.15, 0.2) is 24.3 Å². The van der Waals surface area contributed by atoms with Crippen molar-refractivity contribution in [2.75, 3.05) is 6.26 Å². The molecule has 1 amide bonds. The largest absolute Gasteiger partial charge is 0.573 e. The van der Waals surface area contributed by atoms with Crippen LogP contribution in [-0.2, 0) is 10.0 Å². The van der Waals surface area contributed by atoms with Crippen LogP contribution in [0.3, 0.4) is 0 Å². The van der Waals surface area contributed by atoms with Gasteiger partial charge in [0, 0.05) is 23.7 Å². The van der Waals surface area contributed by atoms with Crippen molar-refractivity contribution in [1.82, 2.24) is 9.62 Å². The number of carbonyl (C=O) groups excluding carboxylic acids is 1. The summed E-state index contributed by atoms with van der Waals surface area (Å²) < 4.78 is 66.0. The lowest BCUT2D eigenvalue weighted by Gasteiger charge is -2.37. The highest BCUT2D eigenvalue weighted by Crippen LogP contribution is 2.37. The average molecular weight is 392 g/mol. The molecule has 3 rings (SSSR count). The summed E-state index contributed by atoms with van der Waals surface area (Å²) in [5.74, 6) is -0.966. The van der Waals surface area contributed by atoms with Crippen LogP contribution < -0.4 is 10.1 Å². The molecule has 2 aliphatic heterocycles. The summed E-state index contributed by atoms with van der Waals surface area (Å²) in [6.07, 6.45) is -1.16. The van der Waals surface area contributed by atoms with Crippen molar-refractivity contribution in [3.63, 3.8) is 0 Å². The molecular weight excluding hydrogens is 373 g/mol. The normalized spacial score (nSPS) is 26.5. The van der Waals surface area contributed by atoms with Crippen molar-refractivity contribution in [1.29, 1.82) is 0 Å². The van der Waals surface area contributed by atoms with Crippen LogP contribution in [0.1, 0.15) is 36.0 Å². The van der Waals surface area contributed by atoms with Crippen LogP contribution in [-0.4, -0.2) is 49.4 Å². The Morgan fingerprint density at radius 1 is 1.23 bits per heavy atom. The second kappa shape index (κ2) is 6.73. The molecule has 2 heterocycles. The fourth-order valence-corrected chi connectivity index (χ4v) is 5.36. The summed E-state index contributed by atoms with van der Waals surface area (Å²) in [7, 11) is -3.29. The quantitative estimate of drug-likeness (QED) is 0.853. The highest BCUT2D eigenvalue weighted by Gasteiger charge is 2.45. The molecule has 144 valence electrons. The average Bonchev–Trinajstić information content (AvgIpc) is 2.78. The maximum atomic E-state index is 12.4. The number of rotatable bonds is 4. The molecule has 10 heteroatoms. The van der Waals surface area contributed by atoms with Gasteiger partial charge in [-0.3, -0.25) is 4.79 Å². The first kappa shape index (κ1) is 19.0. The molecule has 2 aliphatic rings. The van der Waals surface area contributed by atoms with Crippen molar-refractivity contribution >= 4 is 15.9 Å². The Hall–Kier alpha value is -1.81. The Labute approximate surface area is 149 Å². The molecule has 0 unspecified atom stereocenters. The molecule has 1 N–H and O–H groups in total. The predicted octanol–water partition coefficient (Wildman–Crippen LogP) is 2.27. The van der Waals surface area contributed by atoms with E-state index in [2.05, 4.69) is 10.1 Å². The Morgan fingerprint density at radius 3 is 2.38 bits per heavy atom. The first-order valence-electron chi connectivity index (χ1n) is 8.18. The minimum Gasteiger partial charge on any atom is -0.406 e. The van der Waals surface area contributed by atoms with Crippen LogP contribution >= 0.6 is 0 Å². The topological polar surface area (TPSA) is 75.7 Å². The molecule has 1 aromatic rings. The first-order chi connectivity index (χ1) is 12.0. The van der Waals surface area contributed by atoms with Crippen molar-refractivity contribution in [2.24, 2.45) is 0 Å². The monoisotopic (exact) mass is 392 g/mol. The Bertz CT molecular complexity index is 783. The van der Waals surface area contributed by atoms with Crippen LogP contribution in [0.2, 0.25) is 0 Å². The summed E-state index contributed by atoms with van der Waals surface area (Å²) in [5, 5.41) is 2.80. The Balaban J connectivity index is 1.66. The van der Waals surface area contributed by atoms with E-state index in [1.165, 1.54) is 22.7 Å². The van der Waals surface area contributed by atoms with Gasteiger partial charge in [-0.15, -0.1) is 13.2 Å².